The van der Waals surface area contributed by atoms with Crippen molar-refractivity contribution in [3.63, 3.8) is 0 Å². The first-order chi connectivity index (χ1) is 12.7. The molecule has 3 heterocycles. The third-order valence-electron chi connectivity index (χ3n) is 4.45. The van der Waals surface area contributed by atoms with E-state index in [0.29, 0.717) is 23.8 Å². The Labute approximate surface area is 156 Å². The fraction of sp³-hybridized carbons (Fsp3) is 0.250. The summed E-state index contributed by atoms with van der Waals surface area (Å²) in [4.78, 5) is 24.1. The number of rotatable bonds is 4. The highest BCUT2D eigenvalue weighted by atomic mass is 32.1. The molecular formula is C20H19N3O2S. The molecule has 26 heavy (non-hydrogen) atoms. The van der Waals surface area contributed by atoms with Crippen LogP contribution in [0.2, 0.25) is 0 Å². The number of hydrogen-bond donors (Lipinski definition) is 0. The number of fused-ring (bicyclic) bond motifs is 1. The van der Waals surface area contributed by atoms with Crippen LogP contribution in [0.5, 0.6) is 5.75 Å². The van der Waals surface area contributed by atoms with Crippen LogP contribution in [0.4, 0.5) is 0 Å². The number of nitrogens with zero attached hydrogens (tertiary/aromatic N) is 3. The normalized spacial score (nSPS) is 13.3. The lowest BCUT2D eigenvalue weighted by Crippen LogP contribution is -2.35. The molecule has 1 aliphatic heterocycles. The van der Waals surface area contributed by atoms with Crippen molar-refractivity contribution in [1.29, 1.82) is 0 Å². The summed E-state index contributed by atoms with van der Waals surface area (Å²) in [5.74, 6) is 0.753. The van der Waals surface area contributed by atoms with Crippen LogP contribution in [0.15, 0.2) is 48.8 Å². The van der Waals surface area contributed by atoms with Crippen LogP contribution >= 0.6 is 11.3 Å². The number of amides is 1. The molecule has 0 N–H and O–H groups in total. The predicted molar refractivity (Wildman–Crippen MR) is 100 cm³/mol. The van der Waals surface area contributed by atoms with Gasteiger partial charge in [-0.2, -0.15) is 0 Å². The van der Waals surface area contributed by atoms with Crippen LogP contribution in [-0.2, 0) is 19.6 Å². The van der Waals surface area contributed by atoms with Crippen molar-refractivity contribution in [2.24, 2.45) is 0 Å². The highest BCUT2D eigenvalue weighted by Crippen LogP contribution is 2.25. The Bertz CT molecular complexity index is 924. The van der Waals surface area contributed by atoms with Gasteiger partial charge in [0, 0.05) is 19.3 Å². The topological polar surface area (TPSA) is 55.3 Å². The summed E-state index contributed by atoms with van der Waals surface area (Å²) in [5.41, 5.74) is 3.33. The third kappa shape index (κ3) is 3.46. The second-order valence-electron chi connectivity index (χ2n) is 6.24. The molecular weight excluding hydrogens is 346 g/mol. The largest absolute Gasteiger partial charge is 0.485 e. The van der Waals surface area contributed by atoms with Gasteiger partial charge in [0.1, 0.15) is 22.2 Å². The van der Waals surface area contributed by atoms with E-state index in [2.05, 4.69) is 28.2 Å². The lowest BCUT2D eigenvalue weighted by atomic mass is 10.00. The fourth-order valence-electron chi connectivity index (χ4n) is 3.10. The van der Waals surface area contributed by atoms with Gasteiger partial charge in [0.25, 0.3) is 5.91 Å². The Kier molecular flexibility index (Phi) is 4.67. The molecule has 1 aliphatic rings. The zero-order valence-electron chi connectivity index (χ0n) is 14.5. The van der Waals surface area contributed by atoms with E-state index >= 15 is 0 Å². The van der Waals surface area contributed by atoms with Crippen LogP contribution < -0.4 is 4.74 Å². The van der Waals surface area contributed by atoms with Crippen LogP contribution in [0.1, 0.15) is 31.5 Å². The van der Waals surface area contributed by atoms with Crippen molar-refractivity contribution < 1.29 is 9.53 Å². The maximum Gasteiger partial charge on any atom is 0.266 e. The average Bonchev–Trinajstić information content (AvgIpc) is 3.07. The first kappa shape index (κ1) is 16.7. The van der Waals surface area contributed by atoms with Gasteiger partial charge < -0.3 is 9.64 Å². The maximum atomic E-state index is 13.0. The monoisotopic (exact) mass is 365 g/mol. The van der Waals surface area contributed by atoms with Gasteiger partial charge in [-0.15, -0.1) is 11.3 Å². The predicted octanol–water partition coefficient (Wildman–Crippen LogP) is 3.62. The standard InChI is InChI=1S/C20H19N3O2S/c1-14-19(26-18(22-14)13-25-17-7-4-9-21-11-17)20(24)23-10-8-15-5-2-3-6-16(15)12-23/h2-7,9,11H,8,10,12-13H2,1H3. The number of carbonyl (C=O) groups excluding carboxylic acids is 1. The van der Waals surface area contributed by atoms with Crippen LogP contribution in [0.3, 0.4) is 0 Å². The Morgan fingerprint density at radius 3 is 2.88 bits per heavy atom. The lowest BCUT2D eigenvalue weighted by Gasteiger charge is -2.28. The molecule has 0 fully saturated rings. The van der Waals surface area contributed by atoms with E-state index in [1.54, 1.807) is 12.4 Å². The third-order valence-corrected chi connectivity index (χ3v) is 5.57. The van der Waals surface area contributed by atoms with Gasteiger partial charge in [-0.25, -0.2) is 4.98 Å². The van der Waals surface area contributed by atoms with E-state index in [4.69, 9.17) is 4.74 Å². The second-order valence-corrected chi connectivity index (χ2v) is 7.33. The number of pyridine rings is 1. The van der Waals surface area contributed by atoms with Crippen molar-refractivity contribution in [1.82, 2.24) is 14.9 Å². The second kappa shape index (κ2) is 7.25. The van der Waals surface area contributed by atoms with Gasteiger partial charge in [-0.05, 0) is 36.6 Å². The molecule has 132 valence electrons. The summed E-state index contributed by atoms with van der Waals surface area (Å²) in [7, 11) is 0. The number of hydrogen-bond acceptors (Lipinski definition) is 5. The zero-order valence-corrected chi connectivity index (χ0v) is 15.3. The Morgan fingerprint density at radius 1 is 1.23 bits per heavy atom. The molecule has 1 aromatic carbocycles. The summed E-state index contributed by atoms with van der Waals surface area (Å²) in [5, 5.41) is 0.798. The number of aryl methyl sites for hydroxylation is 1. The van der Waals surface area contributed by atoms with E-state index < -0.39 is 0 Å². The van der Waals surface area contributed by atoms with Gasteiger partial charge in [-0.3, -0.25) is 9.78 Å². The SMILES string of the molecule is Cc1nc(COc2cccnc2)sc1C(=O)N1CCc2ccccc2C1. The first-order valence-corrected chi connectivity index (χ1v) is 9.37. The lowest BCUT2D eigenvalue weighted by molar-refractivity contribution is 0.0738. The van der Waals surface area contributed by atoms with Gasteiger partial charge >= 0.3 is 0 Å². The van der Waals surface area contributed by atoms with Crippen molar-refractivity contribution >= 4 is 17.2 Å². The molecule has 6 heteroatoms. The minimum atomic E-state index is 0.0575. The van der Waals surface area contributed by atoms with Crippen molar-refractivity contribution in [3.8, 4) is 5.75 Å². The summed E-state index contributed by atoms with van der Waals surface area (Å²) in [6.45, 7) is 3.63. The fourth-order valence-corrected chi connectivity index (χ4v) is 4.05. The summed E-state index contributed by atoms with van der Waals surface area (Å²) in [6.07, 6.45) is 4.27. The highest BCUT2D eigenvalue weighted by molar-refractivity contribution is 7.13. The molecule has 4 rings (SSSR count). The minimum Gasteiger partial charge on any atom is -0.485 e. The zero-order chi connectivity index (χ0) is 17.9. The summed E-state index contributed by atoms with van der Waals surface area (Å²) in [6, 6.07) is 12.0. The highest BCUT2D eigenvalue weighted by Gasteiger charge is 2.25. The number of thiazole rings is 1. The van der Waals surface area contributed by atoms with Gasteiger partial charge in [-0.1, -0.05) is 24.3 Å². The Morgan fingerprint density at radius 2 is 2.08 bits per heavy atom. The van der Waals surface area contributed by atoms with Crippen molar-refractivity contribution in [3.05, 3.63) is 75.5 Å². The van der Waals surface area contributed by atoms with Gasteiger partial charge in [0.2, 0.25) is 0 Å². The molecule has 1 amide bonds. The molecule has 0 spiro atoms. The van der Waals surface area contributed by atoms with Crippen molar-refractivity contribution in [2.75, 3.05) is 6.54 Å². The molecule has 2 aromatic heterocycles. The summed E-state index contributed by atoms with van der Waals surface area (Å²) >= 11 is 1.41. The molecule has 0 aliphatic carbocycles. The Balaban J connectivity index is 1.46. The first-order valence-electron chi connectivity index (χ1n) is 8.56. The van der Waals surface area contributed by atoms with Crippen LogP contribution in [0.25, 0.3) is 0 Å². The molecule has 3 aromatic rings. The maximum absolute atomic E-state index is 13.0. The molecule has 0 unspecified atom stereocenters. The smallest absolute Gasteiger partial charge is 0.266 e. The number of benzene rings is 1. The van der Waals surface area contributed by atoms with E-state index in [1.165, 1.54) is 22.5 Å². The van der Waals surface area contributed by atoms with E-state index in [9.17, 15) is 4.79 Å². The molecule has 0 saturated carbocycles. The summed E-state index contributed by atoms with van der Waals surface area (Å²) < 4.78 is 5.69. The van der Waals surface area contributed by atoms with Gasteiger partial charge in [0.05, 0.1) is 11.9 Å². The quantitative estimate of drug-likeness (QED) is 0.709. The van der Waals surface area contributed by atoms with Gasteiger partial charge in [0.15, 0.2) is 0 Å². The molecule has 0 saturated heterocycles. The number of aromatic nitrogens is 2. The van der Waals surface area contributed by atoms with E-state index in [-0.39, 0.29) is 5.91 Å². The Hall–Kier alpha value is -2.73. The minimum absolute atomic E-state index is 0.0575. The van der Waals surface area contributed by atoms with Crippen LogP contribution in [0, 0.1) is 6.92 Å². The number of ether oxygens (including phenoxy) is 1. The molecule has 0 atom stereocenters. The average molecular weight is 365 g/mol. The van der Waals surface area contributed by atoms with Crippen molar-refractivity contribution in [2.45, 2.75) is 26.5 Å². The van der Waals surface area contributed by atoms with Crippen LogP contribution in [-0.4, -0.2) is 27.3 Å². The number of carbonyl (C=O) groups is 1. The van der Waals surface area contributed by atoms with E-state index in [1.807, 2.05) is 30.0 Å². The van der Waals surface area contributed by atoms with E-state index in [0.717, 1.165) is 23.7 Å². The molecule has 0 bridgehead atoms. The molecule has 0 radical (unpaired) electrons. The molecule has 5 nitrogen and oxygen atoms in total.